The van der Waals surface area contributed by atoms with Crippen LogP contribution in [0.15, 0.2) is 53.2 Å². The van der Waals surface area contributed by atoms with Crippen molar-refractivity contribution in [1.29, 1.82) is 0 Å². The largest absolute Gasteiger partial charge is 0.490 e. The number of halogens is 1. The molecule has 3 rings (SSSR count). The lowest BCUT2D eigenvalue weighted by molar-refractivity contribution is -0.143. The van der Waals surface area contributed by atoms with Crippen LogP contribution in [0.5, 0.6) is 11.5 Å². The highest BCUT2D eigenvalue weighted by Gasteiger charge is 2.24. The number of nitrogens with zero attached hydrogens (tertiary/aromatic N) is 1. The van der Waals surface area contributed by atoms with Crippen molar-refractivity contribution in [3.05, 3.63) is 62.9 Å². The second-order valence-corrected chi connectivity index (χ2v) is 6.99. The standard InChI is InChI=1S/C21H18INO6/c1-3-27-17-11-13(9-15(22)19(17)28-12-18(24)26-2)10-16-21(25)29-20(23-16)14-7-5-4-6-8-14/h4-11H,3,12H2,1-2H3/b16-10-. The number of cyclic esters (lactones) is 1. The molecule has 0 saturated heterocycles. The first-order valence-electron chi connectivity index (χ1n) is 8.75. The van der Waals surface area contributed by atoms with Crippen LogP contribution in [0.1, 0.15) is 18.1 Å². The number of carbonyl (C=O) groups is 2. The number of ether oxygens (including phenoxy) is 4. The highest BCUT2D eigenvalue weighted by molar-refractivity contribution is 14.1. The minimum Gasteiger partial charge on any atom is -0.490 e. The average molecular weight is 507 g/mol. The number of hydrogen-bond acceptors (Lipinski definition) is 7. The molecule has 2 aromatic rings. The Morgan fingerprint density at radius 3 is 2.66 bits per heavy atom. The number of aliphatic imine (C=N–C) groups is 1. The third-order valence-corrected chi connectivity index (χ3v) is 4.64. The molecule has 0 amide bonds. The number of rotatable bonds is 7. The molecule has 0 bridgehead atoms. The van der Waals surface area contributed by atoms with Crippen molar-refractivity contribution in [3.63, 3.8) is 0 Å². The van der Waals surface area contributed by atoms with Gasteiger partial charge in [0.1, 0.15) is 0 Å². The summed E-state index contributed by atoms with van der Waals surface area (Å²) in [5.74, 6) is 0.129. The molecule has 0 aromatic heterocycles. The molecule has 0 radical (unpaired) electrons. The first-order valence-corrected chi connectivity index (χ1v) is 9.83. The summed E-state index contributed by atoms with van der Waals surface area (Å²) in [6.45, 7) is 2.01. The third-order valence-electron chi connectivity index (χ3n) is 3.84. The van der Waals surface area contributed by atoms with Gasteiger partial charge in [0.05, 0.1) is 17.3 Å². The van der Waals surface area contributed by atoms with E-state index in [2.05, 4.69) is 32.3 Å². The molecular formula is C21H18INO6. The maximum atomic E-state index is 12.2. The second kappa shape index (κ2) is 9.55. The van der Waals surface area contributed by atoms with Gasteiger partial charge < -0.3 is 18.9 Å². The molecule has 1 aliphatic rings. The molecular weight excluding hydrogens is 489 g/mol. The fraction of sp³-hybridized carbons (Fsp3) is 0.190. The Morgan fingerprint density at radius 1 is 1.21 bits per heavy atom. The zero-order valence-electron chi connectivity index (χ0n) is 15.8. The van der Waals surface area contributed by atoms with E-state index in [1.807, 2.05) is 37.3 Å². The van der Waals surface area contributed by atoms with Gasteiger partial charge in [0.15, 0.2) is 23.8 Å². The fourth-order valence-electron chi connectivity index (χ4n) is 2.54. The SMILES string of the molecule is CCOc1cc(/C=C2\N=C(c3ccccc3)OC2=O)cc(I)c1OCC(=O)OC. The molecule has 0 aliphatic carbocycles. The van der Waals surface area contributed by atoms with E-state index in [-0.39, 0.29) is 18.2 Å². The number of esters is 2. The van der Waals surface area contributed by atoms with Crippen LogP contribution in [0, 0.1) is 3.57 Å². The Bertz CT molecular complexity index is 984. The number of methoxy groups -OCH3 is 1. The summed E-state index contributed by atoms with van der Waals surface area (Å²) in [5.41, 5.74) is 1.60. The third kappa shape index (κ3) is 5.14. The van der Waals surface area contributed by atoms with Crippen LogP contribution in [0.25, 0.3) is 6.08 Å². The van der Waals surface area contributed by atoms with E-state index < -0.39 is 11.9 Å². The van der Waals surface area contributed by atoms with Gasteiger partial charge in [-0.05, 0) is 65.4 Å². The van der Waals surface area contributed by atoms with Gasteiger partial charge >= 0.3 is 11.9 Å². The normalized spacial score (nSPS) is 14.4. The molecule has 1 heterocycles. The quantitative estimate of drug-likeness (QED) is 0.324. The monoisotopic (exact) mass is 507 g/mol. The van der Waals surface area contributed by atoms with E-state index in [1.165, 1.54) is 7.11 Å². The lowest BCUT2D eigenvalue weighted by Gasteiger charge is -2.14. The van der Waals surface area contributed by atoms with Gasteiger partial charge in [0.2, 0.25) is 5.90 Å². The molecule has 29 heavy (non-hydrogen) atoms. The molecule has 0 saturated carbocycles. The molecule has 7 nitrogen and oxygen atoms in total. The number of hydrogen-bond donors (Lipinski definition) is 0. The van der Waals surface area contributed by atoms with Gasteiger partial charge in [-0.3, -0.25) is 0 Å². The van der Waals surface area contributed by atoms with Crippen molar-refractivity contribution in [2.75, 3.05) is 20.3 Å². The summed E-state index contributed by atoms with van der Waals surface area (Å²) < 4.78 is 21.8. The first-order chi connectivity index (χ1) is 14.0. The molecule has 0 unspecified atom stereocenters. The van der Waals surface area contributed by atoms with Crippen LogP contribution in [0.2, 0.25) is 0 Å². The second-order valence-electron chi connectivity index (χ2n) is 5.83. The maximum absolute atomic E-state index is 12.2. The van der Waals surface area contributed by atoms with Crippen LogP contribution in [0.4, 0.5) is 0 Å². The van der Waals surface area contributed by atoms with Crippen molar-refractivity contribution < 1.29 is 28.5 Å². The van der Waals surface area contributed by atoms with E-state index in [1.54, 1.807) is 18.2 Å². The Kier molecular flexibility index (Phi) is 6.86. The van der Waals surface area contributed by atoms with Crippen LogP contribution in [0.3, 0.4) is 0 Å². The predicted molar refractivity (Wildman–Crippen MR) is 115 cm³/mol. The number of carbonyl (C=O) groups excluding carboxylic acids is 2. The molecule has 1 aliphatic heterocycles. The Balaban J connectivity index is 1.91. The summed E-state index contributed by atoms with van der Waals surface area (Å²) in [6.07, 6.45) is 1.62. The average Bonchev–Trinajstić information content (AvgIpc) is 3.08. The summed E-state index contributed by atoms with van der Waals surface area (Å²) in [5, 5.41) is 0. The summed E-state index contributed by atoms with van der Waals surface area (Å²) in [6, 6.07) is 12.7. The predicted octanol–water partition coefficient (Wildman–Crippen LogP) is 3.59. The van der Waals surface area contributed by atoms with E-state index in [4.69, 9.17) is 14.2 Å². The summed E-state index contributed by atoms with van der Waals surface area (Å²) in [7, 11) is 1.29. The lowest BCUT2D eigenvalue weighted by atomic mass is 10.1. The van der Waals surface area contributed by atoms with Crippen LogP contribution in [-0.2, 0) is 19.1 Å². The molecule has 0 spiro atoms. The minimum absolute atomic E-state index is 0.185. The molecule has 150 valence electrons. The highest BCUT2D eigenvalue weighted by atomic mass is 127. The molecule has 8 heteroatoms. The Hall–Kier alpha value is -2.88. The van der Waals surface area contributed by atoms with E-state index >= 15 is 0 Å². The van der Waals surface area contributed by atoms with Crippen LogP contribution < -0.4 is 9.47 Å². The summed E-state index contributed by atoms with van der Waals surface area (Å²) >= 11 is 2.08. The van der Waals surface area contributed by atoms with Crippen molar-refractivity contribution >= 4 is 46.5 Å². The van der Waals surface area contributed by atoms with Crippen molar-refractivity contribution in [2.24, 2.45) is 4.99 Å². The zero-order valence-corrected chi connectivity index (χ0v) is 18.0. The molecule has 0 fully saturated rings. The van der Waals surface area contributed by atoms with Gasteiger partial charge in [-0.25, -0.2) is 14.6 Å². The van der Waals surface area contributed by atoms with Gasteiger partial charge in [0, 0.05) is 5.56 Å². The van der Waals surface area contributed by atoms with Gasteiger partial charge in [-0.15, -0.1) is 0 Å². The van der Waals surface area contributed by atoms with Gasteiger partial charge in [-0.1, -0.05) is 18.2 Å². The van der Waals surface area contributed by atoms with Gasteiger partial charge in [-0.2, -0.15) is 0 Å². The highest BCUT2D eigenvalue weighted by Crippen LogP contribution is 2.35. The number of benzene rings is 2. The van der Waals surface area contributed by atoms with E-state index in [0.717, 1.165) is 5.56 Å². The molecule has 0 N–H and O–H groups in total. The van der Waals surface area contributed by atoms with E-state index in [0.29, 0.717) is 27.2 Å². The zero-order chi connectivity index (χ0) is 20.8. The molecule has 2 aromatic carbocycles. The van der Waals surface area contributed by atoms with E-state index in [9.17, 15) is 9.59 Å². The minimum atomic E-state index is -0.525. The summed E-state index contributed by atoms with van der Waals surface area (Å²) in [4.78, 5) is 27.9. The van der Waals surface area contributed by atoms with Crippen molar-refractivity contribution in [2.45, 2.75) is 6.92 Å². The van der Waals surface area contributed by atoms with Crippen LogP contribution in [-0.4, -0.2) is 38.2 Å². The Morgan fingerprint density at radius 2 is 1.97 bits per heavy atom. The maximum Gasteiger partial charge on any atom is 0.363 e. The first kappa shape index (κ1) is 20.8. The lowest BCUT2D eigenvalue weighted by Crippen LogP contribution is -2.14. The smallest absolute Gasteiger partial charge is 0.363 e. The van der Waals surface area contributed by atoms with Gasteiger partial charge in [0.25, 0.3) is 0 Å². The molecule has 0 atom stereocenters. The topological polar surface area (TPSA) is 83.4 Å². The van der Waals surface area contributed by atoms with Crippen LogP contribution >= 0.6 is 22.6 Å². The van der Waals surface area contributed by atoms with Crippen molar-refractivity contribution in [1.82, 2.24) is 0 Å². The Labute approximate surface area is 181 Å². The fourth-order valence-corrected chi connectivity index (χ4v) is 3.32. The van der Waals surface area contributed by atoms with Crippen molar-refractivity contribution in [3.8, 4) is 11.5 Å².